The molecule has 0 bridgehead atoms. The van der Waals surface area contributed by atoms with E-state index in [1.165, 1.54) is 6.42 Å². The van der Waals surface area contributed by atoms with Crippen molar-refractivity contribution in [1.82, 2.24) is 4.90 Å². The van der Waals surface area contributed by atoms with Crippen molar-refractivity contribution in [1.29, 1.82) is 0 Å². The van der Waals surface area contributed by atoms with Crippen LogP contribution in [0.3, 0.4) is 0 Å². The van der Waals surface area contributed by atoms with Crippen molar-refractivity contribution in [3.63, 3.8) is 0 Å². The third-order valence-electron chi connectivity index (χ3n) is 2.43. The summed E-state index contributed by atoms with van der Waals surface area (Å²) >= 11 is 0. The lowest BCUT2D eigenvalue weighted by atomic mass is 10.2. The predicted octanol–water partition coefficient (Wildman–Crippen LogP) is -0.0420. The summed E-state index contributed by atoms with van der Waals surface area (Å²) in [5, 5.41) is 9.02. The third-order valence-corrected chi connectivity index (χ3v) is 2.43. The maximum absolute atomic E-state index is 9.02. The molecule has 0 aliphatic carbocycles. The molecule has 3 heteroatoms. The molecule has 1 heterocycles. The Labute approximate surface area is 73.9 Å². The summed E-state index contributed by atoms with van der Waals surface area (Å²) in [6, 6.07) is 0.341. The Balaban J connectivity index is 2.35. The second-order valence-electron chi connectivity index (χ2n) is 3.40. The quantitative estimate of drug-likeness (QED) is 0.582. The van der Waals surface area contributed by atoms with Crippen molar-refractivity contribution in [3.8, 4) is 0 Å². The van der Waals surface area contributed by atoms with Crippen LogP contribution in [0.5, 0.6) is 0 Å². The molecule has 1 rings (SSSR count). The van der Waals surface area contributed by atoms with Crippen LogP contribution in [0.25, 0.3) is 0 Å². The van der Waals surface area contributed by atoms with Crippen LogP contribution >= 0.6 is 0 Å². The van der Waals surface area contributed by atoms with Gasteiger partial charge in [-0.05, 0) is 25.0 Å². The summed E-state index contributed by atoms with van der Waals surface area (Å²) in [6.45, 7) is 6.59. The molecule has 1 aliphatic rings. The molecule has 1 atom stereocenters. The van der Waals surface area contributed by atoms with Gasteiger partial charge in [-0.15, -0.1) is 0 Å². The smallest absolute Gasteiger partial charge is 0.0587 e. The second kappa shape index (κ2) is 4.60. The van der Waals surface area contributed by atoms with Crippen LogP contribution in [0.15, 0.2) is 12.2 Å². The van der Waals surface area contributed by atoms with Crippen LogP contribution in [0.1, 0.15) is 12.8 Å². The van der Waals surface area contributed by atoms with Crippen molar-refractivity contribution >= 4 is 0 Å². The molecular formula is C9H18N2O. The molecule has 0 saturated carbocycles. The van der Waals surface area contributed by atoms with E-state index in [0.717, 1.165) is 25.1 Å². The van der Waals surface area contributed by atoms with Gasteiger partial charge in [0, 0.05) is 19.1 Å². The average molecular weight is 170 g/mol. The lowest BCUT2D eigenvalue weighted by Gasteiger charge is -2.22. The van der Waals surface area contributed by atoms with Crippen LogP contribution in [0, 0.1) is 0 Å². The van der Waals surface area contributed by atoms with Gasteiger partial charge in [0.1, 0.15) is 0 Å². The van der Waals surface area contributed by atoms with Crippen molar-refractivity contribution in [2.75, 3.05) is 26.2 Å². The fourth-order valence-corrected chi connectivity index (χ4v) is 1.66. The highest BCUT2D eigenvalue weighted by atomic mass is 16.3. The first-order valence-corrected chi connectivity index (χ1v) is 4.49. The number of rotatable bonds is 4. The summed E-state index contributed by atoms with van der Waals surface area (Å²) < 4.78 is 0. The molecule has 3 nitrogen and oxygen atoms in total. The third kappa shape index (κ3) is 2.30. The molecule has 0 amide bonds. The molecule has 1 unspecified atom stereocenters. The van der Waals surface area contributed by atoms with E-state index < -0.39 is 0 Å². The van der Waals surface area contributed by atoms with E-state index in [2.05, 4.69) is 11.5 Å². The van der Waals surface area contributed by atoms with Gasteiger partial charge in [-0.2, -0.15) is 0 Å². The molecule has 1 fully saturated rings. The largest absolute Gasteiger partial charge is 0.395 e. The highest BCUT2D eigenvalue weighted by molar-refractivity contribution is 5.00. The van der Waals surface area contributed by atoms with Crippen LogP contribution in [0.2, 0.25) is 0 Å². The lowest BCUT2D eigenvalue weighted by molar-refractivity contribution is 0.167. The van der Waals surface area contributed by atoms with Crippen LogP contribution < -0.4 is 5.73 Å². The summed E-state index contributed by atoms with van der Waals surface area (Å²) in [6.07, 6.45) is 2.29. The van der Waals surface area contributed by atoms with E-state index in [1.807, 2.05) is 0 Å². The van der Waals surface area contributed by atoms with E-state index in [9.17, 15) is 0 Å². The van der Waals surface area contributed by atoms with Crippen molar-refractivity contribution in [2.24, 2.45) is 5.73 Å². The van der Waals surface area contributed by atoms with Crippen LogP contribution in [0.4, 0.5) is 0 Å². The Morgan fingerprint density at radius 3 is 3.00 bits per heavy atom. The minimum atomic E-state index is 0.262. The summed E-state index contributed by atoms with van der Waals surface area (Å²) in [5.74, 6) is 0. The van der Waals surface area contributed by atoms with Crippen molar-refractivity contribution in [2.45, 2.75) is 18.9 Å². The average Bonchev–Trinajstić information content (AvgIpc) is 2.51. The zero-order chi connectivity index (χ0) is 8.97. The first kappa shape index (κ1) is 9.71. The normalized spacial score (nSPS) is 24.7. The molecule has 1 aliphatic heterocycles. The molecule has 0 spiro atoms. The van der Waals surface area contributed by atoms with Crippen LogP contribution in [-0.4, -0.2) is 42.3 Å². The second-order valence-corrected chi connectivity index (χ2v) is 3.40. The lowest BCUT2D eigenvalue weighted by Crippen LogP contribution is -2.34. The Hall–Kier alpha value is -0.380. The van der Waals surface area contributed by atoms with Crippen molar-refractivity contribution < 1.29 is 5.11 Å². The SMILES string of the molecule is C=C(CN)CN1CCCC1CO. The molecule has 1 saturated heterocycles. The zero-order valence-electron chi connectivity index (χ0n) is 7.50. The van der Waals surface area contributed by atoms with Gasteiger partial charge in [0.15, 0.2) is 0 Å². The molecular weight excluding hydrogens is 152 g/mol. The number of nitrogens with two attached hydrogens (primary N) is 1. The van der Waals surface area contributed by atoms with Gasteiger partial charge in [0.2, 0.25) is 0 Å². The number of likely N-dealkylation sites (tertiary alicyclic amines) is 1. The molecule has 12 heavy (non-hydrogen) atoms. The van der Waals surface area contributed by atoms with E-state index >= 15 is 0 Å². The number of hydrogen-bond donors (Lipinski definition) is 2. The monoisotopic (exact) mass is 170 g/mol. The molecule has 3 N–H and O–H groups in total. The minimum absolute atomic E-state index is 0.262. The summed E-state index contributed by atoms with van der Waals surface area (Å²) in [4.78, 5) is 2.26. The summed E-state index contributed by atoms with van der Waals surface area (Å²) in [7, 11) is 0. The highest BCUT2D eigenvalue weighted by Gasteiger charge is 2.23. The van der Waals surface area contributed by atoms with Gasteiger partial charge in [-0.25, -0.2) is 0 Å². The predicted molar refractivity (Wildman–Crippen MR) is 49.9 cm³/mol. The number of aliphatic hydroxyl groups is 1. The number of nitrogens with zero attached hydrogens (tertiary/aromatic N) is 1. The topological polar surface area (TPSA) is 49.5 Å². The fraction of sp³-hybridized carbons (Fsp3) is 0.778. The standard InChI is InChI=1S/C9H18N2O/c1-8(5-10)6-11-4-2-3-9(11)7-12/h9,12H,1-7,10H2. The van der Waals surface area contributed by atoms with Crippen molar-refractivity contribution in [3.05, 3.63) is 12.2 Å². The molecule has 0 aromatic carbocycles. The highest BCUT2D eigenvalue weighted by Crippen LogP contribution is 2.16. The molecule has 0 aromatic rings. The fourth-order valence-electron chi connectivity index (χ4n) is 1.66. The minimum Gasteiger partial charge on any atom is -0.395 e. The molecule has 0 aromatic heterocycles. The van der Waals surface area contributed by atoms with E-state index in [4.69, 9.17) is 10.8 Å². The first-order valence-electron chi connectivity index (χ1n) is 4.49. The Kier molecular flexibility index (Phi) is 3.72. The van der Waals surface area contributed by atoms with Crippen LogP contribution in [-0.2, 0) is 0 Å². The van der Waals surface area contributed by atoms with Gasteiger partial charge in [-0.3, -0.25) is 4.90 Å². The zero-order valence-corrected chi connectivity index (χ0v) is 7.50. The van der Waals surface area contributed by atoms with Gasteiger partial charge >= 0.3 is 0 Å². The van der Waals surface area contributed by atoms with Gasteiger partial charge in [0.25, 0.3) is 0 Å². The molecule has 70 valence electrons. The van der Waals surface area contributed by atoms with E-state index in [1.54, 1.807) is 0 Å². The molecule has 0 radical (unpaired) electrons. The van der Waals surface area contributed by atoms with E-state index in [0.29, 0.717) is 12.6 Å². The number of aliphatic hydroxyl groups excluding tert-OH is 1. The Morgan fingerprint density at radius 1 is 1.67 bits per heavy atom. The van der Waals surface area contributed by atoms with E-state index in [-0.39, 0.29) is 6.61 Å². The van der Waals surface area contributed by atoms with Gasteiger partial charge in [0.05, 0.1) is 6.61 Å². The Morgan fingerprint density at radius 2 is 2.42 bits per heavy atom. The van der Waals surface area contributed by atoms with Gasteiger partial charge < -0.3 is 10.8 Å². The number of hydrogen-bond acceptors (Lipinski definition) is 3. The summed E-state index contributed by atoms with van der Waals surface area (Å²) in [5.41, 5.74) is 6.50. The van der Waals surface area contributed by atoms with Gasteiger partial charge in [-0.1, -0.05) is 6.58 Å². The maximum atomic E-state index is 9.02. The Bertz CT molecular complexity index is 159. The first-order chi connectivity index (χ1) is 5.77. The maximum Gasteiger partial charge on any atom is 0.0587 e.